The SMILES string of the molecule is CCOc1nc2c(cc1Oc1cc(N3CCC4(CC3)CC(N3CCN(C5CC5)C[C@H]3c3ccccc3C(C)C)C4)ccc1C(=O)NS(=O)(=O)c1cnc(NC[C@H]3CC[C@](C)(O)CC3)c(OC)c1)C(F)=CC2. The number of carbonyl (C=O) groups is 1. The number of sulfonamides is 1. The summed E-state index contributed by atoms with van der Waals surface area (Å²) in [6.45, 7) is 14.1. The number of hydrogen-bond acceptors (Lipinski definition) is 13. The first-order chi connectivity index (χ1) is 34.1. The van der Waals surface area contributed by atoms with Gasteiger partial charge in [-0.25, -0.2) is 27.5 Å². The molecule has 4 aliphatic carbocycles. The maximum Gasteiger partial charge on any atom is 0.268 e. The Labute approximate surface area is 418 Å². The topological polar surface area (TPSA) is 159 Å². The lowest BCUT2D eigenvalue weighted by atomic mass is 9.59. The van der Waals surface area contributed by atoms with E-state index in [9.17, 15) is 18.3 Å². The van der Waals surface area contributed by atoms with Gasteiger partial charge in [0.05, 0.1) is 36.8 Å². The number of fused-ring (bicyclic) bond motifs is 1. The summed E-state index contributed by atoms with van der Waals surface area (Å²) in [5, 5.41) is 13.7. The van der Waals surface area contributed by atoms with Crippen LogP contribution in [0.5, 0.6) is 23.1 Å². The van der Waals surface area contributed by atoms with Crippen molar-refractivity contribution in [3.63, 3.8) is 0 Å². The van der Waals surface area contributed by atoms with E-state index in [1.54, 1.807) is 12.1 Å². The first-order valence-corrected chi connectivity index (χ1v) is 27.4. The van der Waals surface area contributed by atoms with E-state index in [-0.39, 0.29) is 51.2 Å². The molecule has 0 radical (unpaired) electrons. The number of aromatic nitrogens is 2. The number of methoxy groups -OCH3 is 1. The number of piperazine rings is 1. The summed E-state index contributed by atoms with van der Waals surface area (Å²) >= 11 is 0. The molecule has 1 spiro atoms. The summed E-state index contributed by atoms with van der Waals surface area (Å²) in [5.41, 5.74) is 4.12. The molecular formula is C55H70FN7O7S. The second-order valence-corrected chi connectivity index (χ2v) is 23.2. The molecule has 2 saturated heterocycles. The zero-order chi connectivity index (χ0) is 49.7. The molecular weight excluding hydrogens is 922 g/mol. The Morgan fingerprint density at radius 3 is 2.42 bits per heavy atom. The van der Waals surface area contributed by atoms with Crippen LogP contribution in [0.3, 0.4) is 0 Å². The highest BCUT2D eigenvalue weighted by atomic mass is 32.2. The van der Waals surface area contributed by atoms with Crippen LogP contribution >= 0.6 is 0 Å². The lowest BCUT2D eigenvalue weighted by Gasteiger charge is -2.58. The molecule has 10 rings (SSSR count). The number of pyridine rings is 2. The largest absolute Gasteiger partial charge is 0.493 e. The molecule has 3 N–H and O–H groups in total. The van der Waals surface area contributed by atoms with Crippen molar-refractivity contribution >= 4 is 33.3 Å². The van der Waals surface area contributed by atoms with Crippen molar-refractivity contribution in [1.82, 2.24) is 24.5 Å². The van der Waals surface area contributed by atoms with Gasteiger partial charge in [0.25, 0.3) is 21.8 Å². The van der Waals surface area contributed by atoms with Gasteiger partial charge in [0.2, 0.25) is 0 Å². The molecule has 16 heteroatoms. The minimum absolute atomic E-state index is 0.0494. The fourth-order valence-corrected chi connectivity index (χ4v) is 12.8. The van der Waals surface area contributed by atoms with Gasteiger partial charge in [-0.15, -0.1) is 0 Å². The third kappa shape index (κ3) is 10.5. The Kier molecular flexibility index (Phi) is 13.9. The molecule has 4 aromatic rings. The quantitative estimate of drug-likeness (QED) is 0.0976. The Morgan fingerprint density at radius 1 is 0.944 bits per heavy atom. The van der Waals surface area contributed by atoms with Crippen LogP contribution < -0.4 is 29.1 Å². The molecule has 3 saturated carbocycles. The number of anilines is 2. The molecule has 2 aromatic carbocycles. The molecule has 14 nitrogen and oxygen atoms in total. The molecule has 380 valence electrons. The van der Waals surface area contributed by atoms with Crippen LogP contribution in [0, 0.1) is 11.3 Å². The van der Waals surface area contributed by atoms with Crippen molar-refractivity contribution in [1.29, 1.82) is 0 Å². The van der Waals surface area contributed by atoms with Gasteiger partial charge in [0, 0.05) is 87.2 Å². The highest BCUT2D eigenvalue weighted by Gasteiger charge is 2.51. The van der Waals surface area contributed by atoms with E-state index < -0.39 is 27.4 Å². The van der Waals surface area contributed by atoms with Gasteiger partial charge in [-0.05, 0) is 131 Å². The smallest absolute Gasteiger partial charge is 0.268 e. The summed E-state index contributed by atoms with van der Waals surface area (Å²) < 4.78 is 63.1. The lowest BCUT2D eigenvalue weighted by Crippen LogP contribution is -2.60. The van der Waals surface area contributed by atoms with Crippen LogP contribution in [0.4, 0.5) is 15.9 Å². The Morgan fingerprint density at radius 2 is 1.70 bits per heavy atom. The van der Waals surface area contributed by atoms with Crippen molar-refractivity contribution in [2.45, 2.75) is 133 Å². The summed E-state index contributed by atoms with van der Waals surface area (Å²) in [4.78, 5) is 30.8. The highest BCUT2D eigenvalue weighted by molar-refractivity contribution is 7.90. The molecule has 2 aliphatic heterocycles. The fourth-order valence-electron chi connectivity index (χ4n) is 11.9. The molecule has 2 aromatic heterocycles. The number of benzene rings is 2. The monoisotopic (exact) mass is 992 g/mol. The molecule has 1 amide bonds. The van der Waals surface area contributed by atoms with Crippen molar-refractivity contribution < 1.29 is 36.9 Å². The molecule has 0 unspecified atom stereocenters. The van der Waals surface area contributed by atoms with Gasteiger partial charge in [0.1, 0.15) is 16.5 Å². The highest BCUT2D eigenvalue weighted by Crippen LogP contribution is 2.54. The van der Waals surface area contributed by atoms with Gasteiger partial charge < -0.3 is 29.5 Å². The normalized spacial score (nSPS) is 23.8. The van der Waals surface area contributed by atoms with E-state index in [0.29, 0.717) is 61.2 Å². The second kappa shape index (κ2) is 20.0. The van der Waals surface area contributed by atoms with Crippen LogP contribution in [0.2, 0.25) is 0 Å². The maximum atomic E-state index is 15.0. The van der Waals surface area contributed by atoms with Crippen molar-refractivity contribution in [3.8, 4) is 23.1 Å². The number of ether oxygens (including phenoxy) is 3. The van der Waals surface area contributed by atoms with E-state index in [4.69, 9.17) is 14.2 Å². The number of hydrogen-bond donors (Lipinski definition) is 3. The number of carbonyl (C=O) groups excluding carboxylic acids is 1. The Hall–Kier alpha value is -5.29. The average molecular weight is 992 g/mol. The van der Waals surface area contributed by atoms with Crippen molar-refractivity contribution in [3.05, 3.63) is 94.8 Å². The van der Waals surface area contributed by atoms with Crippen LogP contribution in [-0.4, -0.2) is 110 Å². The number of aliphatic hydroxyl groups is 1. The second-order valence-electron chi connectivity index (χ2n) is 21.5. The molecule has 4 heterocycles. The summed E-state index contributed by atoms with van der Waals surface area (Å²) in [5.74, 6) is 0.324. The number of nitrogens with zero attached hydrogens (tertiary/aromatic N) is 5. The van der Waals surface area contributed by atoms with Gasteiger partial charge in [-0.2, -0.15) is 0 Å². The molecule has 6 aliphatic rings. The van der Waals surface area contributed by atoms with E-state index in [2.05, 4.69) is 72.8 Å². The van der Waals surface area contributed by atoms with Gasteiger partial charge in [-0.1, -0.05) is 38.1 Å². The molecule has 5 fully saturated rings. The zero-order valence-corrected chi connectivity index (χ0v) is 42.7. The van der Waals surface area contributed by atoms with Crippen LogP contribution in [0.25, 0.3) is 5.83 Å². The summed E-state index contributed by atoms with van der Waals surface area (Å²) in [6.07, 6.45) is 13.1. The summed E-state index contributed by atoms with van der Waals surface area (Å²) in [6, 6.07) is 18.8. The Balaban J connectivity index is 0.861. The number of piperidine rings is 1. The minimum Gasteiger partial charge on any atom is -0.493 e. The molecule has 71 heavy (non-hydrogen) atoms. The van der Waals surface area contributed by atoms with Gasteiger partial charge in [0.15, 0.2) is 17.3 Å². The van der Waals surface area contributed by atoms with E-state index in [0.717, 1.165) is 70.1 Å². The Bertz CT molecular complexity index is 2760. The van der Waals surface area contributed by atoms with Crippen molar-refractivity contribution in [2.75, 3.05) is 63.2 Å². The van der Waals surface area contributed by atoms with Crippen LogP contribution in [0.1, 0.15) is 137 Å². The summed E-state index contributed by atoms with van der Waals surface area (Å²) in [7, 11) is -3.04. The predicted molar refractivity (Wildman–Crippen MR) is 273 cm³/mol. The maximum absolute atomic E-state index is 15.0. The number of rotatable bonds is 16. The third-order valence-corrected chi connectivity index (χ3v) is 17.6. The van der Waals surface area contributed by atoms with Crippen molar-refractivity contribution in [2.24, 2.45) is 11.3 Å². The third-order valence-electron chi connectivity index (χ3n) is 16.3. The lowest BCUT2D eigenvalue weighted by molar-refractivity contribution is -0.0628. The number of allylic oxidation sites excluding steroid dienone is 1. The predicted octanol–water partition coefficient (Wildman–Crippen LogP) is 9.41. The number of halogens is 1. The minimum atomic E-state index is -4.47. The van der Waals surface area contributed by atoms with Gasteiger partial charge in [-0.3, -0.25) is 14.6 Å². The number of amides is 1. The van der Waals surface area contributed by atoms with E-state index in [1.165, 1.54) is 68.3 Å². The molecule has 0 bridgehead atoms. The van der Waals surface area contributed by atoms with Crippen LogP contribution in [-0.2, 0) is 16.4 Å². The first-order valence-electron chi connectivity index (χ1n) is 25.9. The number of nitrogens with one attached hydrogen (secondary N) is 2. The zero-order valence-electron chi connectivity index (χ0n) is 41.9. The first kappa shape index (κ1) is 49.3. The van der Waals surface area contributed by atoms with Gasteiger partial charge >= 0.3 is 0 Å². The standard InChI is InChI=1S/C55H70FN7O7S/c1-6-69-53-50(29-44-45(56)15-16-46(44)59-53)70-48-27-38(13-14-43(48)52(64)60-71(66,67)40-28-49(68-5)51(58-33-40)57-32-36-17-19-54(4,65)20-18-36)61-23-21-55(22-24-61)30-39(31-55)63-26-25-62(37-11-12-37)34-47(63)42-10-8-7-9-41(42)35(2)3/h7-10,13-15,27-29,33,35-37,39,47,65H,6,11-12,16-26,30-32,34H2,1-5H3,(H,57,58)(H,60,64)/t36-,47-,54-/m0/s1. The van der Waals surface area contributed by atoms with E-state index >= 15 is 4.39 Å². The van der Waals surface area contributed by atoms with E-state index in [1.807, 2.05) is 19.9 Å². The van der Waals surface area contributed by atoms with Crippen LogP contribution in [0.15, 0.2) is 71.8 Å². The molecule has 1 atom stereocenters. The average Bonchev–Trinajstić information content (AvgIpc) is 4.15. The fraction of sp³-hybridized carbons (Fsp3) is 0.545.